The highest BCUT2D eigenvalue weighted by Gasteiger charge is 2.24. The molecule has 4 nitrogen and oxygen atoms in total. The van der Waals surface area contributed by atoms with Crippen LogP contribution < -0.4 is 0 Å². The number of hydrogen-bond acceptors (Lipinski definition) is 10. The molecule has 0 saturated carbocycles. The molecule has 0 radical (unpaired) electrons. The number of hydrogen-bond donors (Lipinski definition) is 0. The van der Waals surface area contributed by atoms with Gasteiger partial charge >= 0.3 is 11.9 Å². The largest absolute Gasteiger partial charge is 0.462 e. The maximum atomic E-state index is 11.2. The van der Waals surface area contributed by atoms with Crippen molar-refractivity contribution in [2.24, 2.45) is 0 Å². The molecular formula is C28H34O4S6. The molecule has 10 heteroatoms. The third-order valence-corrected chi connectivity index (χ3v) is 14.5. The Morgan fingerprint density at radius 1 is 0.763 bits per heavy atom. The van der Waals surface area contributed by atoms with Crippen molar-refractivity contribution in [2.45, 2.75) is 47.4 Å². The van der Waals surface area contributed by atoms with Gasteiger partial charge in [0.1, 0.15) is 0 Å². The average molecular weight is 627 g/mol. The van der Waals surface area contributed by atoms with Gasteiger partial charge < -0.3 is 9.47 Å². The first-order valence-electron chi connectivity index (χ1n) is 12.3. The molecule has 2 heterocycles. The lowest BCUT2D eigenvalue weighted by Crippen LogP contribution is -2.02. The molecule has 2 atom stereocenters. The third-order valence-electron chi connectivity index (χ3n) is 5.50. The molecule has 1 aromatic carbocycles. The Kier molecular flexibility index (Phi) is 14.3. The highest BCUT2D eigenvalue weighted by Crippen LogP contribution is 2.49. The maximum absolute atomic E-state index is 11.2. The van der Waals surface area contributed by atoms with E-state index in [1.165, 1.54) is 42.9 Å². The molecule has 38 heavy (non-hydrogen) atoms. The van der Waals surface area contributed by atoms with Crippen molar-refractivity contribution in [2.75, 3.05) is 24.7 Å². The van der Waals surface area contributed by atoms with Crippen LogP contribution in [0.25, 0.3) is 0 Å². The molecule has 2 aliphatic rings. The van der Waals surface area contributed by atoms with E-state index in [0.717, 1.165) is 35.9 Å². The number of ether oxygens (including phenoxy) is 2. The Morgan fingerprint density at radius 2 is 1.16 bits per heavy atom. The van der Waals surface area contributed by atoms with Crippen LogP contribution >= 0.6 is 70.6 Å². The summed E-state index contributed by atoms with van der Waals surface area (Å²) in [5.41, 5.74) is 2.73. The zero-order valence-corrected chi connectivity index (χ0v) is 26.7. The molecule has 0 bridgehead atoms. The molecule has 0 aliphatic carbocycles. The first-order chi connectivity index (χ1) is 18.4. The van der Waals surface area contributed by atoms with Gasteiger partial charge in [-0.2, -0.15) is 23.5 Å². The van der Waals surface area contributed by atoms with E-state index >= 15 is 0 Å². The van der Waals surface area contributed by atoms with Crippen LogP contribution in [-0.4, -0.2) is 45.8 Å². The lowest BCUT2D eigenvalue weighted by Gasteiger charge is -2.10. The molecule has 0 fully saturated rings. The van der Waals surface area contributed by atoms with Gasteiger partial charge in [0, 0.05) is 48.0 Å². The van der Waals surface area contributed by atoms with Gasteiger partial charge in [0.05, 0.1) is 22.4 Å². The highest BCUT2D eigenvalue weighted by atomic mass is 32.2. The molecule has 0 spiro atoms. The molecule has 2 unspecified atom stereocenters. The first-order valence-corrected chi connectivity index (χ1v) is 18.1. The van der Waals surface area contributed by atoms with E-state index in [1.807, 2.05) is 70.6 Å². The number of esters is 2. The zero-order valence-electron chi connectivity index (χ0n) is 21.8. The number of benzene rings is 1. The molecule has 0 aromatic heterocycles. The van der Waals surface area contributed by atoms with Gasteiger partial charge in [0.15, 0.2) is 0 Å². The van der Waals surface area contributed by atoms with Crippen molar-refractivity contribution in [3.05, 3.63) is 80.3 Å². The predicted molar refractivity (Wildman–Crippen MR) is 174 cm³/mol. The first kappa shape index (κ1) is 31.7. The summed E-state index contributed by atoms with van der Waals surface area (Å²) < 4.78 is 11.3. The minimum atomic E-state index is -0.356. The van der Waals surface area contributed by atoms with Crippen molar-refractivity contribution in [1.29, 1.82) is 0 Å². The summed E-state index contributed by atoms with van der Waals surface area (Å²) in [5, 5.41) is 0. The van der Waals surface area contributed by atoms with Crippen LogP contribution in [0.2, 0.25) is 0 Å². The Labute approximate surface area is 252 Å². The smallest absolute Gasteiger partial charge is 0.330 e. The van der Waals surface area contributed by atoms with E-state index < -0.39 is 0 Å². The van der Waals surface area contributed by atoms with Crippen molar-refractivity contribution >= 4 is 82.5 Å². The Balaban J connectivity index is 1.28. The summed E-state index contributed by atoms with van der Waals surface area (Å²) in [5.74, 6) is 3.49. The lowest BCUT2D eigenvalue weighted by atomic mass is 10.2. The van der Waals surface area contributed by atoms with Gasteiger partial charge in [-0.25, -0.2) is 9.59 Å². The van der Waals surface area contributed by atoms with E-state index in [-0.39, 0.29) is 11.9 Å². The number of carbonyl (C=O) groups is 2. The predicted octanol–water partition coefficient (Wildman–Crippen LogP) is 8.47. The fraction of sp³-hybridized carbons (Fsp3) is 0.429. The quantitative estimate of drug-likeness (QED) is 0.132. The number of allylic oxidation sites excluding steroid dienone is 2. The molecule has 3 rings (SSSR count). The lowest BCUT2D eigenvalue weighted by molar-refractivity contribution is -0.138. The monoisotopic (exact) mass is 626 g/mol. The third kappa shape index (κ3) is 11.0. The molecule has 206 valence electrons. The van der Waals surface area contributed by atoms with Gasteiger partial charge in [-0.15, -0.1) is 47.0 Å². The second-order valence-corrected chi connectivity index (χ2v) is 16.5. The number of rotatable bonds is 16. The van der Waals surface area contributed by atoms with E-state index in [2.05, 4.69) is 51.3 Å². The van der Waals surface area contributed by atoms with Crippen LogP contribution in [0, 0.1) is 0 Å². The molecule has 0 N–H and O–H groups in total. The number of carbonyl (C=O) groups excluding carboxylic acids is 2. The Morgan fingerprint density at radius 3 is 1.53 bits per heavy atom. The minimum absolute atomic E-state index is 0.356. The van der Waals surface area contributed by atoms with Crippen molar-refractivity contribution in [3.8, 4) is 0 Å². The van der Waals surface area contributed by atoms with Crippen LogP contribution in [0.15, 0.2) is 69.2 Å². The maximum Gasteiger partial charge on any atom is 0.330 e. The highest BCUT2D eigenvalue weighted by molar-refractivity contribution is 8.24. The summed E-state index contributed by atoms with van der Waals surface area (Å²) in [6.45, 7) is 12.0. The van der Waals surface area contributed by atoms with Crippen molar-refractivity contribution in [3.63, 3.8) is 0 Å². The summed E-state index contributed by atoms with van der Waals surface area (Å²) in [4.78, 5) is 27.8. The fourth-order valence-electron chi connectivity index (χ4n) is 3.55. The van der Waals surface area contributed by atoms with Crippen molar-refractivity contribution in [1.82, 2.24) is 0 Å². The van der Waals surface area contributed by atoms with E-state index in [9.17, 15) is 9.59 Å². The molecule has 1 aromatic rings. The van der Waals surface area contributed by atoms with E-state index in [4.69, 9.17) is 9.47 Å². The topological polar surface area (TPSA) is 52.6 Å². The van der Waals surface area contributed by atoms with E-state index in [0.29, 0.717) is 22.4 Å². The van der Waals surface area contributed by atoms with Crippen molar-refractivity contribution < 1.29 is 19.1 Å². The van der Waals surface area contributed by atoms with Gasteiger partial charge in [-0.1, -0.05) is 37.4 Å². The van der Waals surface area contributed by atoms with Crippen LogP contribution in [0.1, 0.15) is 37.8 Å². The van der Waals surface area contributed by atoms with Crippen LogP contribution in [-0.2, 0) is 30.6 Å². The van der Waals surface area contributed by atoms with Crippen LogP contribution in [0.3, 0.4) is 0 Å². The summed E-state index contributed by atoms with van der Waals surface area (Å²) >= 11 is 11.6. The molecule has 0 amide bonds. The van der Waals surface area contributed by atoms with Gasteiger partial charge in [0.2, 0.25) is 0 Å². The summed E-state index contributed by atoms with van der Waals surface area (Å²) in [7, 11) is 0. The second-order valence-electron chi connectivity index (χ2n) is 8.38. The van der Waals surface area contributed by atoms with Crippen LogP contribution in [0.5, 0.6) is 0 Å². The number of thioether (sulfide) groups is 6. The Bertz CT molecular complexity index is 967. The van der Waals surface area contributed by atoms with E-state index in [1.54, 1.807) is 0 Å². The van der Waals surface area contributed by atoms with Gasteiger partial charge in [0.25, 0.3) is 0 Å². The molecule has 0 saturated heterocycles. The summed E-state index contributed by atoms with van der Waals surface area (Å²) in [6.07, 6.45) is 3.99. The Hall–Kier alpha value is -0.780. The normalized spacial score (nSPS) is 19.1. The second kappa shape index (κ2) is 17.1. The standard InChI is InChI=1S/C28H34O4S6/c1-5-25(29)31-13-11-23-19(3)35-27(37-23)17-33-15-21-7-9-22(10-8-21)16-34-18-28-36-20(4)24(38-28)12-14-32-26(30)6-2/h5-10,27-28H,1-2,11-18H2,3-4H3. The minimum Gasteiger partial charge on any atom is -0.462 e. The fourth-order valence-corrected chi connectivity index (χ4v) is 12.4. The zero-order chi connectivity index (χ0) is 27.3. The summed E-state index contributed by atoms with van der Waals surface area (Å²) in [6, 6.07) is 9.03. The van der Waals surface area contributed by atoms with Crippen LogP contribution in [0.4, 0.5) is 0 Å². The van der Waals surface area contributed by atoms with Gasteiger partial charge in [-0.3, -0.25) is 0 Å². The SMILES string of the molecule is C=CC(=O)OCCC1=C(C)SC(CSCc2ccc(CSCC3SC(C)=C(CCOC(=O)C=C)S3)cc2)S1. The average Bonchev–Trinajstić information content (AvgIpc) is 3.45. The molecular weight excluding hydrogens is 593 g/mol. The molecule has 2 aliphatic heterocycles. The van der Waals surface area contributed by atoms with Gasteiger partial charge in [-0.05, 0) is 44.6 Å².